The molecule has 0 aliphatic rings. The van der Waals surface area contributed by atoms with Gasteiger partial charge in [-0.3, -0.25) is 9.00 Å². The second kappa shape index (κ2) is 12.3. The Morgan fingerprint density at radius 3 is 2.09 bits per heavy atom. The first-order valence-corrected chi connectivity index (χ1v) is 9.49. The van der Waals surface area contributed by atoms with Gasteiger partial charge in [-0.1, -0.05) is 34.9 Å². The van der Waals surface area contributed by atoms with Crippen molar-refractivity contribution in [1.29, 1.82) is 0 Å². The molecule has 132 valence electrons. The van der Waals surface area contributed by atoms with E-state index >= 15 is 0 Å². The quantitative estimate of drug-likeness (QED) is 0.563. The number of carboxylic acid groups (broad SMARTS) is 1. The summed E-state index contributed by atoms with van der Waals surface area (Å²) in [5.74, 6) is -0.730. The predicted molar refractivity (Wildman–Crippen MR) is 98.9 cm³/mol. The van der Waals surface area contributed by atoms with Crippen LogP contribution in [0, 0.1) is 0 Å². The van der Waals surface area contributed by atoms with E-state index in [2.05, 4.69) is 32.9 Å². The first kappa shape index (κ1) is 21.8. The van der Waals surface area contributed by atoms with Crippen LogP contribution in [-0.4, -0.2) is 32.8 Å². The molecule has 0 spiro atoms. The largest absolute Gasteiger partial charge is 0.480 e. The molecular weight excluding hydrogens is 310 g/mol. The Balaban J connectivity index is 4.09. The topological polar surface area (TPSA) is 80.4 Å². The standard InChI is InChI=1S/C18H31NO3S/c1-14(2)7-5-8-15(3)9-6-10-16(4)11-12-23(22)13-17(19)18(20)21/h7,9,11,17H,5-6,8,10,12-13,19H2,1-4H3,(H,20,21)/b15-9+,16-11+/t17-,23?/m0/s1. The van der Waals surface area contributed by atoms with Crippen LogP contribution in [0.5, 0.6) is 0 Å². The fourth-order valence-corrected chi connectivity index (χ4v) is 3.06. The SMILES string of the molecule is CC(C)=CCC/C(C)=C/CC/C(C)=C/CS(=O)C[C@H](N)C(=O)O. The van der Waals surface area contributed by atoms with Gasteiger partial charge in [0.05, 0.1) is 0 Å². The van der Waals surface area contributed by atoms with Crippen LogP contribution in [0.1, 0.15) is 53.4 Å². The molecule has 3 N–H and O–H groups in total. The van der Waals surface area contributed by atoms with Gasteiger partial charge in [0.15, 0.2) is 0 Å². The minimum atomic E-state index is -1.22. The molecule has 23 heavy (non-hydrogen) atoms. The molecule has 0 saturated carbocycles. The lowest BCUT2D eigenvalue weighted by Crippen LogP contribution is -2.35. The number of carbonyl (C=O) groups is 1. The van der Waals surface area contributed by atoms with E-state index in [4.69, 9.17) is 10.8 Å². The van der Waals surface area contributed by atoms with Gasteiger partial charge < -0.3 is 10.8 Å². The van der Waals surface area contributed by atoms with Crippen LogP contribution in [0.2, 0.25) is 0 Å². The van der Waals surface area contributed by atoms with Gasteiger partial charge in [0.2, 0.25) is 0 Å². The second-order valence-electron chi connectivity index (χ2n) is 6.18. The molecule has 0 radical (unpaired) electrons. The van der Waals surface area contributed by atoms with Crippen molar-refractivity contribution in [2.45, 2.75) is 59.4 Å². The number of aliphatic carboxylic acids is 1. The van der Waals surface area contributed by atoms with Crippen molar-refractivity contribution in [3.63, 3.8) is 0 Å². The predicted octanol–water partition coefficient (Wildman–Crippen LogP) is 3.57. The highest BCUT2D eigenvalue weighted by atomic mass is 32.2. The van der Waals surface area contributed by atoms with Crippen molar-refractivity contribution < 1.29 is 14.1 Å². The van der Waals surface area contributed by atoms with Crippen LogP contribution in [0.3, 0.4) is 0 Å². The molecule has 0 amide bonds. The van der Waals surface area contributed by atoms with Gasteiger partial charge in [-0.2, -0.15) is 0 Å². The van der Waals surface area contributed by atoms with E-state index in [1.165, 1.54) is 16.7 Å². The number of hydrogen-bond donors (Lipinski definition) is 2. The maximum atomic E-state index is 11.7. The molecule has 5 heteroatoms. The Labute approximate surface area is 143 Å². The molecule has 2 atom stereocenters. The number of rotatable bonds is 11. The van der Waals surface area contributed by atoms with E-state index in [-0.39, 0.29) is 5.75 Å². The van der Waals surface area contributed by atoms with Crippen LogP contribution in [0.15, 0.2) is 34.9 Å². The number of hydrogen-bond acceptors (Lipinski definition) is 3. The minimum Gasteiger partial charge on any atom is -0.480 e. The van der Waals surface area contributed by atoms with E-state index in [9.17, 15) is 9.00 Å². The molecule has 0 aromatic carbocycles. The number of carboxylic acids is 1. The van der Waals surface area contributed by atoms with E-state index in [1.54, 1.807) is 0 Å². The molecule has 4 nitrogen and oxygen atoms in total. The Morgan fingerprint density at radius 2 is 1.57 bits per heavy atom. The summed E-state index contributed by atoms with van der Waals surface area (Å²) in [6, 6.07) is -1.05. The van der Waals surface area contributed by atoms with Crippen LogP contribution in [-0.2, 0) is 15.6 Å². The van der Waals surface area contributed by atoms with Crippen molar-refractivity contribution >= 4 is 16.8 Å². The molecule has 0 aliphatic carbocycles. The summed E-state index contributed by atoms with van der Waals surface area (Å²) in [6.07, 6.45) is 10.5. The summed E-state index contributed by atoms with van der Waals surface area (Å²) in [5.41, 5.74) is 9.30. The fraction of sp³-hybridized carbons (Fsp3) is 0.611. The summed E-state index contributed by atoms with van der Waals surface area (Å²) in [7, 11) is -1.22. The second-order valence-corrected chi connectivity index (χ2v) is 7.72. The van der Waals surface area contributed by atoms with Gasteiger partial charge in [0.1, 0.15) is 6.04 Å². The normalized spacial score (nSPS) is 15.2. The maximum absolute atomic E-state index is 11.7. The summed E-state index contributed by atoms with van der Waals surface area (Å²) in [6.45, 7) is 8.39. The molecular formula is C18H31NO3S. The van der Waals surface area contributed by atoms with Gasteiger partial charge in [-0.25, -0.2) is 0 Å². The third-order valence-corrected chi connectivity index (χ3v) is 4.69. The molecule has 0 aromatic heterocycles. The zero-order valence-electron chi connectivity index (χ0n) is 14.8. The third kappa shape index (κ3) is 13.0. The molecule has 0 aliphatic heterocycles. The van der Waals surface area contributed by atoms with E-state index in [0.29, 0.717) is 5.75 Å². The van der Waals surface area contributed by atoms with Gasteiger partial charge >= 0.3 is 5.97 Å². The van der Waals surface area contributed by atoms with Gasteiger partial charge in [-0.05, 0) is 53.4 Å². The molecule has 0 fully saturated rings. The lowest BCUT2D eigenvalue weighted by molar-refractivity contribution is -0.137. The van der Waals surface area contributed by atoms with Crippen molar-refractivity contribution in [3.8, 4) is 0 Å². The first-order valence-electron chi connectivity index (χ1n) is 8.00. The molecule has 0 bridgehead atoms. The van der Waals surface area contributed by atoms with Crippen molar-refractivity contribution in [2.24, 2.45) is 5.73 Å². The number of allylic oxidation sites excluding steroid dienone is 5. The van der Waals surface area contributed by atoms with Crippen LogP contribution >= 0.6 is 0 Å². The average molecular weight is 342 g/mol. The monoisotopic (exact) mass is 341 g/mol. The van der Waals surface area contributed by atoms with Crippen molar-refractivity contribution in [3.05, 3.63) is 34.9 Å². The maximum Gasteiger partial charge on any atom is 0.321 e. The smallest absolute Gasteiger partial charge is 0.321 e. The Kier molecular flexibility index (Phi) is 11.6. The van der Waals surface area contributed by atoms with Gasteiger partial charge in [-0.15, -0.1) is 0 Å². The summed E-state index contributed by atoms with van der Waals surface area (Å²) < 4.78 is 11.7. The minimum absolute atomic E-state index is 0.00247. The Hall–Kier alpha value is -1.20. The molecule has 0 saturated heterocycles. The van der Waals surface area contributed by atoms with Crippen molar-refractivity contribution in [1.82, 2.24) is 0 Å². The highest BCUT2D eigenvalue weighted by Gasteiger charge is 2.14. The summed E-state index contributed by atoms with van der Waals surface area (Å²) in [4.78, 5) is 10.6. The molecule has 0 heterocycles. The Bertz CT molecular complexity index is 488. The molecule has 0 aromatic rings. The zero-order chi connectivity index (χ0) is 17.8. The van der Waals surface area contributed by atoms with Gasteiger partial charge in [0.25, 0.3) is 0 Å². The van der Waals surface area contributed by atoms with E-state index < -0.39 is 22.8 Å². The third-order valence-electron chi connectivity index (χ3n) is 3.42. The lowest BCUT2D eigenvalue weighted by Gasteiger charge is -2.05. The Morgan fingerprint density at radius 1 is 1.04 bits per heavy atom. The van der Waals surface area contributed by atoms with Gasteiger partial charge in [0, 0.05) is 22.3 Å². The first-order chi connectivity index (χ1) is 10.7. The molecule has 1 unspecified atom stereocenters. The lowest BCUT2D eigenvalue weighted by atomic mass is 10.1. The summed E-state index contributed by atoms with van der Waals surface area (Å²) >= 11 is 0. The summed E-state index contributed by atoms with van der Waals surface area (Å²) in [5, 5.41) is 8.68. The van der Waals surface area contributed by atoms with Crippen LogP contribution < -0.4 is 5.73 Å². The van der Waals surface area contributed by atoms with Crippen LogP contribution in [0.4, 0.5) is 0 Å². The van der Waals surface area contributed by atoms with Crippen molar-refractivity contribution in [2.75, 3.05) is 11.5 Å². The van der Waals surface area contributed by atoms with Crippen LogP contribution in [0.25, 0.3) is 0 Å². The average Bonchev–Trinajstić information content (AvgIpc) is 2.44. The van der Waals surface area contributed by atoms with E-state index in [1.807, 2.05) is 13.0 Å². The van der Waals surface area contributed by atoms with E-state index in [0.717, 1.165) is 25.7 Å². The fourth-order valence-electron chi connectivity index (χ4n) is 1.91. The zero-order valence-corrected chi connectivity index (χ0v) is 15.6. The molecule has 0 rings (SSSR count). The number of nitrogens with two attached hydrogens (primary N) is 1. The highest BCUT2D eigenvalue weighted by Crippen LogP contribution is 2.11. The highest BCUT2D eigenvalue weighted by molar-refractivity contribution is 7.85.